The van der Waals surface area contributed by atoms with E-state index in [1.807, 2.05) is 0 Å². The Kier molecular flexibility index (Phi) is 9.04. The van der Waals surface area contributed by atoms with Gasteiger partial charge in [-0.25, -0.2) is 18.6 Å². The van der Waals surface area contributed by atoms with Gasteiger partial charge in [0.2, 0.25) is 0 Å². The van der Waals surface area contributed by atoms with E-state index in [9.17, 15) is 18.0 Å². The predicted octanol–water partition coefficient (Wildman–Crippen LogP) is 3.55. The van der Waals surface area contributed by atoms with Crippen LogP contribution in [0.15, 0.2) is 82.8 Å². The fourth-order valence-corrected chi connectivity index (χ4v) is 4.75. The van der Waals surface area contributed by atoms with Gasteiger partial charge in [-0.2, -0.15) is 5.10 Å². The topological polar surface area (TPSA) is 114 Å². The Labute approximate surface area is 214 Å². The lowest BCUT2D eigenvalue weighted by Gasteiger charge is -2.25. The van der Waals surface area contributed by atoms with Crippen molar-refractivity contribution in [1.29, 1.82) is 0 Å². The number of carbonyl (C=O) groups excluding carboxylic acids is 2. The molecule has 0 radical (unpaired) electrons. The van der Waals surface area contributed by atoms with Gasteiger partial charge in [-0.05, 0) is 66.6 Å². The minimum absolute atomic E-state index is 0.0372. The van der Waals surface area contributed by atoms with Crippen molar-refractivity contribution in [3.05, 3.63) is 88.9 Å². The first-order valence-corrected chi connectivity index (χ1v) is 12.5. The van der Waals surface area contributed by atoms with Gasteiger partial charge in [0.25, 0.3) is 15.9 Å². The number of carbonyl (C=O) groups is 2. The van der Waals surface area contributed by atoms with Crippen LogP contribution in [0.2, 0.25) is 5.02 Å². The second kappa shape index (κ2) is 12.2. The van der Waals surface area contributed by atoms with E-state index in [1.54, 1.807) is 67.6 Å². The monoisotopic (exact) mass is 529 g/mol. The Morgan fingerprint density at radius 2 is 1.72 bits per heavy atom. The Hall–Kier alpha value is -3.89. The third kappa shape index (κ3) is 6.83. The van der Waals surface area contributed by atoms with E-state index in [-0.39, 0.29) is 17.2 Å². The number of methoxy groups -OCH3 is 1. The van der Waals surface area contributed by atoms with Crippen LogP contribution in [0, 0.1) is 6.92 Å². The van der Waals surface area contributed by atoms with Gasteiger partial charge in [0.05, 0.1) is 23.9 Å². The van der Waals surface area contributed by atoms with Gasteiger partial charge in [0.1, 0.15) is 12.3 Å². The zero-order valence-electron chi connectivity index (χ0n) is 19.5. The van der Waals surface area contributed by atoms with Crippen LogP contribution < -0.4 is 14.5 Å². The molecule has 36 heavy (non-hydrogen) atoms. The minimum atomic E-state index is -4.07. The summed E-state index contributed by atoms with van der Waals surface area (Å²) in [5.74, 6) is -0.692. The van der Waals surface area contributed by atoms with Crippen molar-refractivity contribution in [3.63, 3.8) is 0 Å². The Balaban J connectivity index is 1.73. The van der Waals surface area contributed by atoms with Gasteiger partial charge < -0.3 is 9.47 Å². The van der Waals surface area contributed by atoms with E-state index in [0.29, 0.717) is 21.9 Å². The van der Waals surface area contributed by atoms with Gasteiger partial charge in [0.15, 0.2) is 6.61 Å². The summed E-state index contributed by atoms with van der Waals surface area (Å²) in [6, 6.07) is 19.3. The molecule has 1 N–H and O–H groups in total. The number of anilines is 1. The molecule has 1 amide bonds. The molecule has 3 rings (SSSR count). The summed E-state index contributed by atoms with van der Waals surface area (Å²) in [6.07, 6.45) is 1.39. The number of nitrogens with zero attached hydrogens (tertiary/aromatic N) is 2. The fraction of sp³-hybridized carbons (Fsp3) is 0.160. The number of sulfonamides is 1. The first-order chi connectivity index (χ1) is 17.2. The molecule has 0 saturated carbocycles. The lowest BCUT2D eigenvalue weighted by Crippen LogP contribution is -2.40. The average molecular weight is 530 g/mol. The Bertz CT molecular complexity index is 1350. The van der Waals surface area contributed by atoms with Gasteiger partial charge >= 0.3 is 5.97 Å². The Morgan fingerprint density at radius 1 is 1.03 bits per heavy atom. The van der Waals surface area contributed by atoms with Crippen molar-refractivity contribution in [3.8, 4) is 5.75 Å². The van der Waals surface area contributed by atoms with Crippen LogP contribution in [0.25, 0.3) is 0 Å². The van der Waals surface area contributed by atoms with Crippen molar-refractivity contribution in [2.24, 2.45) is 5.10 Å². The van der Waals surface area contributed by atoms with Crippen LogP contribution in [-0.2, 0) is 24.3 Å². The molecule has 0 unspecified atom stereocenters. The molecule has 0 heterocycles. The molecule has 0 aromatic heterocycles. The van der Waals surface area contributed by atoms with E-state index < -0.39 is 28.4 Å². The zero-order valence-corrected chi connectivity index (χ0v) is 21.1. The van der Waals surface area contributed by atoms with Crippen molar-refractivity contribution in [1.82, 2.24) is 5.43 Å². The number of benzene rings is 3. The number of halogens is 1. The molecule has 9 nitrogen and oxygen atoms in total. The van der Waals surface area contributed by atoms with Crippen LogP contribution in [-0.4, -0.2) is 46.8 Å². The molecule has 0 aliphatic carbocycles. The van der Waals surface area contributed by atoms with Crippen molar-refractivity contribution in [2.75, 3.05) is 24.6 Å². The number of esters is 1. The molecule has 0 aliphatic rings. The van der Waals surface area contributed by atoms with E-state index in [2.05, 4.69) is 15.3 Å². The third-order valence-corrected chi connectivity index (χ3v) is 7.18. The lowest BCUT2D eigenvalue weighted by molar-refractivity contribution is -0.142. The summed E-state index contributed by atoms with van der Waals surface area (Å²) in [5, 5.41) is 4.29. The summed E-state index contributed by atoms with van der Waals surface area (Å²) >= 11 is 6.22. The van der Waals surface area contributed by atoms with Crippen molar-refractivity contribution < 1.29 is 27.5 Å². The number of rotatable bonds is 10. The summed E-state index contributed by atoms with van der Waals surface area (Å²) in [4.78, 5) is 23.9. The number of hydrogen-bond acceptors (Lipinski definition) is 7. The number of nitrogens with one attached hydrogen (secondary N) is 1. The Morgan fingerprint density at radius 3 is 2.39 bits per heavy atom. The van der Waals surface area contributed by atoms with E-state index >= 15 is 0 Å². The average Bonchev–Trinajstić information content (AvgIpc) is 2.89. The van der Waals surface area contributed by atoms with Crippen molar-refractivity contribution in [2.45, 2.75) is 11.8 Å². The highest BCUT2D eigenvalue weighted by molar-refractivity contribution is 7.92. The van der Waals surface area contributed by atoms with E-state index in [1.165, 1.54) is 25.5 Å². The van der Waals surface area contributed by atoms with Gasteiger partial charge in [0, 0.05) is 5.02 Å². The molecule has 0 aliphatic heterocycles. The molecular weight excluding hydrogens is 506 g/mol. The number of ether oxygens (including phenoxy) is 2. The molecule has 0 bridgehead atoms. The quantitative estimate of drug-likeness (QED) is 0.244. The number of hydrogen-bond donors (Lipinski definition) is 1. The molecular formula is C25H24ClN3O6S. The lowest BCUT2D eigenvalue weighted by atomic mass is 10.2. The summed E-state index contributed by atoms with van der Waals surface area (Å²) in [5.41, 5.74) is 3.79. The highest BCUT2D eigenvalue weighted by Gasteiger charge is 2.28. The summed E-state index contributed by atoms with van der Waals surface area (Å²) < 4.78 is 37.6. The molecule has 0 atom stereocenters. The summed E-state index contributed by atoms with van der Waals surface area (Å²) in [7, 11) is -2.80. The highest BCUT2D eigenvalue weighted by Crippen LogP contribution is 2.30. The minimum Gasteiger partial charge on any atom is -0.482 e. The third-order valence-electron chi connectivity index (χ3n) is 4.99. The van der Waals surface area contributed by atoms with Gasteiger partial charge in [-0.15, -0.1) is 0 Å². The van der Waals surface area contributed by atoms with Gasteiger partial charge in [-0.1, -0.05) is 35.9 Å². The predicted molar refractivity (Wildman–Crippen MR) is 137 cm³/mol. The fourth-order valence-electron chi connectivity index (χ4n) is 3.08. The highest BCUT2D eigenvalue weighted by atomic mass is 35.5. The van der Waals surface area contributed by atoms with E-state index in [4.69, 9.17) is 16.3 Å². The first kappa shape index (κ1) is 26.7. The second-order valence-electron chi connectivity index (χ2n) is 7.44. The standard InChI is InChI=1S/C25H24ClN3O6S/c1-18-22(26)9-6-10-23(18)29(36(32,33)21-7-4-3-5-8-21)16-24(30)28-27-15-19-11-13-20(14-12-19)35-17-25(31)34-2/h3-15H,16-17H2,1-2H3,(H,28,30)/b27-15-. The van der Waals surface area contributed by atoms with Crippen LogP contribution >= 0.6 is 11.6 Å². The maximum absolute atomic E-state index is 13.4. The normalized spacial score (nSPS) is 11.2. The molecule has 0 spiro atoms. The van der Waals surface area contributed by atoms with Crippen LogP contribution in [0.4, 0.5) is 5.69 Å². The van der Waals surface area contributed by atoms with Crippen LogP contribution in [0.3, 0.4) is 0 Å². The van der Waals surface area contributed by atoms with Gasteiger partial charge in [-0.3, -0.25) is 9.10 Å². The van der Waals surface area contributed by atoms with Crippen molar-refractivity contribution >= 4 is 45.4 Å². The molecule has 3 aromatic rings. The number of amides is 1. The summed E-state index contributed by atoms with van der Waals surface area (Å²) in [6.45, 7) is 0.949. The maximum atomic E-state index is 13.4. The first-order valence-electron chi connectivity index (χ1n) is 10.7. The molecule has 3 aromatic carbocycles. The van der Waals surface area contributed by atoms with E-state index in [0.717, 1.165) is 4.31 Å². The zero-order chi connectivity index (χ0) is 26.1. The second-order valence-corrected chi connectivity index (χ2v) is 9.71. The molecule has 0 fully saturated rings. The van der Waals surface area contributed by atoms with Crippen LogP contribution in [0.1, 0.15) is 11.1 Å². The molecule has 11 heteroatoms. The molecule has 0 saturated heterocycles. The number of hydrazone groups is 1. The molecule has 188 valence electrons. The van der Waals surface area contributed by atoms with Crippen LogP contribution in [0.5, 0.6) is 5.75 Å². The maximum Gasteiger partial charge on any atom is 0.343 e. The smallest absolute Gasteiger partial charge is 0.343 e. The largest absolute Gasteiger partial charge is 0.482 e. The SMILES string of the molecule is COC(=O)COc1ccc(/C=N\NC(=O)CN(c2cccc(Cl)c2C)S(=O)(=O)c2ccccc2)cc1.